The van der Waals surface area contributed by atoms with Gasteiger partial charge in [-0.3, -0.25) is 4.90 Å². The normalized spacial score (nSPS) is 20.6. The molecule has 0 bridgehead atoms. The smallest absolute Gasteiger partial charge is 0.132 e. The number of piperidine rings is 1. The maximum absolute atomic E-state index is 6.29. The summed E-state index contributed by atoms with van der Waals surface area (Å²) in [4.78, 5) is 12.0. The standard InChI is InChI=1S/C19H23ClN4.ClH/c20-17-6-2-1-4-15(17)12-24-9-7-18-16(13-24)11-22-19(23-18)14-5-3-8-21-10-14;/h1-2,4,6,11,14,21H,3,5,7-10,12-13H2;1H. The van der Waals surface area contributed by atoms with Crippen LogP contribution in [0.5, 0.6) is 0 Å². The quantitative estimate of drug-likeness (QED) is 0.885. The summed E-state index contributed by atoms with van der Waals surface area (Å²) in [6, 6.07) is 8.09. The number of benzene rings is 1. The highest BCUT2D eigenvalue weighted by atomic mass is 35.5. The Morgan fingerprint density at radius 1 is 1.28 bits per heavy atom. The summed E-state index contributed by atoms with van der Waals surface area (Å²) in [5, 5.41) is 4.30. The van der Waals surface area contributed by atoms with Crippen molar-refractivity contribution in [1.29, 1.82) is 0 Å². The molecule has 1 fully saturated rings. The van der Waals surface area contributed by atoms with Crippen LogP contribution in [0.25, 0.3) is 0 Å². The molecule has 1 atom stereocenters. The second kappa shape index (κ2) is 8.45. The van der Waals surface area contributed by atoms with Gasteiger partial charge in [-0.15, -0.1) is 12.4 Å². The molecule has 1 saturated heterocycles. The molecule has 2 aliphatic rings. The molecule has 4 nitrogen and oxygen atoms in total. The first kappa shape index (κ1) is 18.6. The third kappa shape index (κ3) is 4.32. The second-order valence-corrected chi connectivity index (χ2v) is 7.20. The molecule has 4 rings (SSSR count). The zero-order chi connectivity index (χ0) is 16.4. The molecule has 2 aromatic rings. The minimum Gasteiger partial charge on any atom is -0.316 e. The van der Waals surface area contributed by atoms with Gasteiger partial charge in [0.1, 0.15) is 5.82 Å². The topological polar surface area (TPSA) is 41.1 Å². The number of hydrogen-bond donors (Lipinski definition) is 1. The van der Waals surface area contributed by atoms with Crippen LogP contribution in [0.3, 0.4) is 0 Å². The van der Waals surface area contributed by atoms with Crippen LogP contribution in [0.2, 0.25) is 5.02 Å². The van der Waals surface area contributed by atoms with Crippen molar-refractivity contribution in [3.8, 4) is 0 Å². The molecule has 6 heteroatoms. The predicted molar refractivity (Wildman–Crippen MR) is 103 cm³/mol. The van der Waals surface area contributed by atoms with Crippen molar-refractivity contribution in [3.05, 3.63) is 58.1 Å². The molecule has 1 aromatic carbocycles. The van der Waals surface area contributed by atoms with Crippen molar-refractivity contribution < 1.29 is 0 Å². The molecule has 2 aliphatic heterocycles. The first-order valence-corrected chi connectivity index (χ1v) is 9.18. The fraction of sp³-hybridized carbons (Fsp3) is 0.474. The van der Waals surface area contributed by atoms with E-state index >= 15 is 0 Å². The molecular weight excluding hydrogens is 355 g/mol. The van der Waals surface area contributed by atoms with E-state index in [0.717, 1.165) is 50.0 Å². The molecule has 0 radical (unpaired) electrons. The first-order valence-electron chi connectivity index (χ1n) is 8.81. The summed E-state index contributed by atoms with van der Waals surface area (Å²) in [7, 11) is 0. The molecule has 0 aliphatic carbocycles. The van der Waals surface area contributed by atoms with Gasteiger partial charge in [-0.05, 0) is 31.0 Å². The maximum atomic E-state index is 6.29. The van der Waals surface area contributed by atoms with E-state index < -0.39 is 0 Å². The van der Waals surface area contributed by atoms with Gasteiger partial charge < -0.3 is 5.32 Å². The van der Waals surface area contributed by atoms with Crippen molar-refractivity contribution >= 4 is 24.0 Å². The summed E-state index contributed by atoms with van der Waals surface area (Å²) < 4.78 is 0. The lowest BCUT2D eigenvalue weighted by Gasteiger charge is -2.29. The summed E-state index contributed by atoms with van der Waals surface area (Å²) >= 11 is 6.29. The number of hydrogen-bond acceptors (Lipinski definition) is 4. The van der Waals surface area contributed by atoms with Crippen LogP contribution in [0.15, 0.2) is 30.5 Å². The minimum absolute atomic E-state index is 0. The molecular formula is C19H24Cl2N4. The maximum Gasteiger partial charge on any atom is 0.132 e. The predicted octanol–water partition coefficient (Wildman–Crippen LogP) is 3.58. The van der Waals surface area contributed by atoms with Crippen LogP contribution in [0.1, 0.15) is 41.4 Å². The lowest BCUT2D eigenvalue weighted by atomic mass is 9.98. The van der Waals surface area contributed by atoms with Crippen molar-refractivity contribution in [1.82, 2.24) is 20.2 Å². The highest BCUT2D eigenvalue weighted by Crippen LogP contribution is 2.25. The Morgan fingerprint density at radius 3 is 2.96 bits per heavy atom. The molecule has 0 saturated carbocycles. The first-order chi connectivity index (χ1) is 11.8. The number of aromatic nitrogens is 2. The van der Waals surface area contributed by atoms with Crippen LogP contribution >= 0.6 is 24.0 Å². The van der Waals surface area contributed by atoms with Crippen LogP contribution in [0.4, 0.5) is 0 Å². The van der Waals surface area contributed by atoms with Crippen LogP contribution in [-0.4, -0.2) is 34.5 Å². The molecule has 3 heterocycles. The molecule has 1 unspecified atom stereocenters. The third-order valence-electron chi connectivity index (χ3n) is 5.05. The van der Waals surface area contributed by atoms with Gasteiger partial charge in [-0.25, -0.2) is 9.97 Å². The Kier molecular flexibility index (Phi) is 6.29. The number of fused-ring (bicyclic) bond motifs is 1. The summed E-state index contributed by atoms with van der Waals surface area (Å²) in [5.74, 6) is 1.51. The Hall–Kier alpha value is -1.20. The highest BCUT2D eigenvalue weighted by Gasteiger charge is 2.22. The van der Waals surface area contributed by atoms with Gasteiger partial charge >= 0.3 is 0 Å². The largest absolute Gasteiger partial charge is 0.316 e. The summed E-state index contributed by atoms with van der Waals surface area (Å²) in [5.41, 5.74) is 3.69. The minimum atomic E-state index is 0. The molecule has 134 valence electrons. The van der Waals surface area contributed by atoms with Crippen LogP contribution < -0.4 is 5.32 Å². The van der Waals surface area contributed by atoms with Crippen LogP contribution in [-0.2, 0) is 19.5 Å². The van der Waals surface area contributed by atoms with Crippen molar-refractivity contribution in [3.63, 3.8) is 0 Å². The monoisotopic (exact) mass is 378 g/mol. The number of halogens is 2. The van der Waals surface area contributed by atoms with E-state index in [1.165, 1.54) is 29.7 Å². The van der Waals surface area contributed by atoms with Gasteiger partial charge in [0.15, 0.2) is 0 Å². The fourth-order valence-corrected chi connectivity index (χ4v) is 3.86. The van der Waals surface area contributed by atoms with E-state index in [1.807, 2.05) is 24.4 Å². The van der Waals surface area contributed by atoms with E-state index in [-0.39, 0.29) is 12.4 Å². The fourth-order valence-electron chi connectivity index (χ4n) is 3.66. The number of nitrogens with one attached hydrogen (secondary N) is 1. The van der Waals surface area contributed by atoms with Gasteiger partial charge in [0.05, 0.1) is 0 Å². The lowest BCUT2D eigenvalue weighted by Crippen LogP contribution is -2.33. The third-order valence-corrected chi connectivity index (χ3v) is 5.41. The summed E-state index contributed by atoms with van der Waals surface area (Å²) in [6.45, 7) is 4.95. The zero-order valence-corrected chi connectivity index (χ0v) is 15.8. The molecule has 0 amide bonds. The van der Waals surface area contributed by atoms with Gasteiger partial charge in [0.25, 0.3) is 0 Å². The van der Waals surface area contributed by atoms with Crippen molar-refractivity contribution in [2.75, 3.05) is 19.6 Å². The Labute approximate surface area is 160 Å². The van der Waals surface area contributed by atoms with Gasteiger partial charge in [0, 0.05) is 61.0 Å². The molecule has 1 N–H and O–H groups in total. The average Bonchev–Trinajstić information content (AvgIpc) is 2.64. The molecule has 25 heavy (non-hydrogen) atoms. The Morgan fingerprint density at radius 2 is 2.16 bits per heavy atom. The van der Waals surface area contributed by atoms with Crippen molar-refractivity contribution in [2.24, 2.45) is 0 Å². The van der Waals surface area contributed by atoms with E-state index in [9.17, 15) is 0 Å². The highest BCUT2D eigenvalue weighted by molar-refractivity contribution is 6.31. The van der Waals surface area contributed by atoms with E-state index in [2.05, 4.69) is 21.3 Å². The van der Waals surface area contributed by atoms with Crippen LogP contribution in [0, 0.1) is 0 Å². The zero-order valence-electron chi connectivity index (χ0n) is 14.2. The van der Waals surface area contributed by atoms with Gasteiger partial charge in [-0.2, -0.15) is 0 Å². The Balaban J connectivity index is 0.00000182. The van der Waals surface area contributed by atoms with Gasteiger partial charge in [-0.1, -0.05) is 29.8 Å². The molecule has 1 aromatic heterocycles. The Bertz CT molecular complexity index is 716. The van der Waals surface area contributed by atoms with E-state index in [0.29, 0.717) is 5.92 Å². The second-order valence-electron chi connectivity index (χ2n) is 6.80. The summed E-state index contributed by atoms with van der Waals surface area (Å²) in [6.07, 6.45) is 5.46. The van der Waals surface area contributed by atoms with E-state index in [1.54, 1.807) is 0 Å². The van der Waals surface area contributed by atoms with Gasteiger partial charge in [0.2, 0.25) is 0 Å². The number of rotatable bonds is 3. The lowest BCUT2D eigenvalue weighted by molar-refractivity contribution is 0.242. The SMILES string of the molecule is Cl.Clc1ccccc1CN1CCc2nc(C3CCCNC3)ncc2C1. The number of nitrogens with zero attached hydrogens (tertiary/aromatic N) is 3. The molecule has 0 spiro atoms. The van der Waals surface area contributed by atoms with Crippen molar-refractivity contribution in [2.45, 2.75) is 38.3 Å². The average molecular weight is 379 g/mol. The van der Waals surface area contributed by atoms with E-state index in [4.69, 9.17) is 16.6 Å².